The minimum atomic E-state index is -0.440. The lowest BCUT2D eigenvalue weighted by molar-refractivity contribution is -0.114. The van der Waals surface area contributed by atoms with Crippen LogP contribution in [0.2, 0.25) is 0 Å². The van der Waals surface area contributed by atoms with Crippen molar-refractivity contribution in [1.29, 1.82) is 0 Å². The van der Waals surface area contributed by atoms with Crippen LogP contribution in [0.1, 0.15) is 27.7 Å². The van der Waals surface area contributed by atoms with E-state index in [1.807, 2.05) is 22.7 Å². The van der Waals surface area contributed by atoms with Gasteiger partial charge in [0.05, 0.1) is 11.2 Å². The molecule has 5 heteroatoms. The molecule has 0 aliphatic rings. The van der Waals surface area contributed by atoms with Crippen molar-refractivity contribution in [3.8, 4) is 11.1 Å². The van der Waals surface area contributed by atoms with Crippen LogP contribution in [0.4, 0.5) is 0 Å². The Labute approximate surface area is 243 Å². The van der Waals surface area contributed by atoms with Gasteiger partial charge in [0.2, 0.25) is 0 Å². The predicted molar refractivity (Wildman–Crippen MR) is 178 cm³/mol. The maximum atomic E-state index is 6.50. The molecule has 0 atom stereocenters. The number of ether oxygens (including phenoxy) is 1. The first kappa shape index (κ1) is 25.7. The van der Waals surface area contributed by atoms with Crippen molar-refractivity contribution < 1.29 is 9.39 Å². The Bertz CT molecular complexity index is 2070. The number of methoxy groups -OCH3 is 1. The molecule has 0 N–H and O–H groups in total. The Hall–Kier alpha value is -3.22. The fourth-order valence-corrected chi connectivity index (χ4v) is 7.77. The van der Waals surface area contributed by atoms with E-state index in [4.69, 9.17) is 9.39 Å². The Balaban J connectivity index is 1.32. The van der Waals surface area contributed by atoms with Gasteiger partial charge in [0.1, 0.15) is 0 Å². The largest absolute Gasteiger partial charge is 0.427 e. The Morgan fingerprint density at radius 2 is 1.20 bits per heavy atom. The van der Waals surface area contributed by atoms with Crippen LogP contribution in [0.5, 0.6) is 0 Å². The molecule has 7 aromatic rings. The van der Waals surface area contributed by atoms with E-state index < -0.39 is 11.2 Å². The zero-order valence-corrected chi connectivity index (χ0v) is 25.1. The van der Waals surface area contributed by atoms with Crippen molar-refractivity contribution in [1.82, 2.24) is 0 Å². The maximum Gasteiger partial charge on any atom is 0.310 e. The molecule has 0 saturated heterocycles. The highest BCUT2D eigenvalue weighted by molar-refractivity contribution is 7.26. The molecular weight excluding hydrogens is 527 g/mol. The van der Waals surface area contributed by atoms with E-state index in [9.17, 15) is 0 Å². The summed E-state index contributed by atoms with van der Waals surface area (Å²) in [6.45, 7) is 8.37. The Morgan fingerprint density at radius 1 is 0.575 bits per heavy atom. The molecule has 0 aliphatic heterocycles. The van der Waals surface area contributed by atoms with Crippen LogP contribution >= 0.6 is 22.7 Å². The van der Waals surface area contributed by atoms with E-state index >= 15 is 0 Å². The number of hydrogen-bond donors (Lipinski definition) is 0. The number of rotatable bonds is 6. The molecule has 0 spiro atoms. The molecule has 0 unspecified atom stereocenters. The second kappa shape index (κ2) is 9.42. The zero-order chi connectivity index (χ0) is 27.6. The van der Waals surface area contributed by atoms with Crippen LogP contribution in [0.15, 0.2) is 91.0 Å². The molecule has 0 aliphatic carbocycles. The molecule has 0 fully saturated rings. The van der Waals surface area contributed by atoms with Crippen LogP contribution in [0, 0.1) is 0 Å². The first-order chi connectivity index (χ1) is 19.2. The molecule has 198 valence electrons. The second-order valence-electron chi connectivity index (χ2n) is 11.6. The van der Waals surface area contributed by atoms with Crippen molar-refractivity contribution in [3.63, 3.8) is 0 Å². The topological polar surface area (TPSA) is 18.5 Å². The summed E-state index contributed by atoms with van der Waals surface area (Å²) in [6, 6.07) is 33.7. The summed E-state index contributed by atoms with van der Waals surface area (Å²) in [4.78, 5) is 0. The summed E-state index contributed by atoms with van der Waals surface area (Å²) < 4.78 is 17.5. The summed E-state index contributed by atoms with van der Waals surface area (Å²) >= 11 is 3.73. The van der Waals surface area contributed by atoms with Crippen LogP contribution in [-0.2, 0) is 9.39 Å². The average Bonchev–Trinajstić information content (AvgIpc) is 3.51. The van der Waals surface area contributed by atoms with Gasteiger partial charge in [-0.15, -0.1) is 22.7 Å². The fourth-order valence-electron chi connectivity index (χ4n) is 5.52. The van der Waals surface area contributed by atoms with Gasteiger partial charge in [-0.05, 0) is 103 Å². The lowest BCUT2D eigenvalue weighted by atomic mass is 9.80. The zero-order valence-electron chi connectivity index (χ0n) is 23.5. The second-order valence-corrected chi connectivity index (χ2v) is 13.8. The van der Waals surface area contributed by atoms with E-state index in [0.29, 0.717) is 7.48 Å². The molecule has 40 heavy (non-hydrogen) atoms. The van der Waals surface area contributed by atoms with E-state index in [2.05, 4.69) is 119 Å². The van der Waals surface area contributed by atoms with Crippen LogP contribution in [0.3, 0.4) is 0 Å². The standard InChI is InChI=1S/C35H31BO2S2/c1-34(2,37-5)35(3,4)38-36-28-11-8-12-31-33(28)27-19-24(14-16-30(27)39-31)23-13-15-29-25(18-23)26-17-21-9-6-7-10-22(21)20-32(26)40-29/h6-20,36H,1-5H3. The molecule has 2 heterocycles. The molecule has 2 aromatic heterocycles. The summed E-state index contributed by atoms with van der Waals surface area (Å²) in [5, 5.41) is 7.84. The fraction of sp³-hybridized carbons (Fsp3) is 0.200. The van der Waals surface area contributed by atoms with Crippen LogP contribution in [-0.4, -0.2) is 25.8 Å². The predicted octanol–water partition coefficient (Wildman–Crippen LogP) is 9.44. The maximum absolute atomic E-state index is 6.50. The van der Waals surface area contributed by atoms with Gasteiger partial charge in [0, 0.05) is 42.1 Å². The van der Waals surface area contributed by atoms with Gasteiger partial charge in [-0.1, -0.05) is 48.5 Å². The Morgan fingerprint density at radius 3 is 1.93 bits per heavy atom. The highest BCUT2D eigenvalue weighted by atomic mass is 32.1. The summed E-state index contributed by atoms with van der Waals surface area (Å²) in [6.07, 6.45) is 0. The smallest absolute Gasteiger partial charge is 0.310 e. The third-order valence-corrected chi connectivity index (χ3v) is 11.1. The van der Waals surface area contributed by atoms with Crippen molar-refractivity contribution in [2.45, 2.75) is 38.9 Å². The summed E-state index contributed by atoms with van der Waals surface area (Å²) in [5.41, 5.74) is 2.86. The van der Waals surface area contributed by atoms with Crippen LogP contribution in [0.25, 0.3) is 62.2 Å². The number of benzene rings is 5. The lowest BCUT2D eigenvalue weighted by Gasteiger charge is -2.40. The first-order valence-electron chi connectivity index (χ1n) is 13.7. The molecular formula is C35H31BO2S2. The van der Waals surface area contributed by atoms with Crippen LogP contribution < -0.4 is 5.46 Å². The van der Waals surface area contributed by atoms with Crippen molar-refractivity contribution in [2.75, 3.05) is 7.11 Å². The van der Waals surface area contributed by atoms with E-state index in [0.717, 1.165) is 0 Å². The molecule has 0 amide bonds. The average molecular weight is 559 g/mol. The van der Waals surface area contributed by atoms with Gasteiger partial charge in [-0.2, -0.15) is 0 Å². The normalized spacial score (nSPS) is 12.8. The minimum absolute atomic E-state index is 0.401. The highest BCUT2D eigenvalue weighted by Gasteiger charge is 2.38. The number of hydrogen-bond acceptors (Lipinski definition) is 4. The van der Waals surface area contributed by atoms with Gasteiger partial charge >= 0.3 is 7.48 Å². The lowest BCUT2D eigenvalue weighted by Crippen LogP contribution is -2.50. The number of fused-ring (bicyclic) bond motifs is 7. The van der Waals surface area contributed by atoms with E-state index in [-0.39, 0.29) is 0 Å². The van der Waals surface area contributed by atoms with E-state index in [1.165, 1.54) is 67.7 Å². The number of thiophene rings is 2. The minimum Gasteiger partial charge on any atom is -0.427 e. The molecule has 2 nitrogen and oxygen atoms in total. The molecule has 0 saturated carbocycles. The quantitative estimate of drug-likeness (QED) is 0.189. The highest BCUT2D eigenvalue weighted by Crippen LogP contribution is 2.40. The van der Waals surface area contributed by atoms with E-state index in [1.54, 1.807) is 7.11 Å². The third-order valence-electron chi connectivity index (χ3n) is 8.80. The van der Waals surface area contributed by atoms with Gasteiger partial charge in [0.15, 0.2) is 0 Å². The van der Waals surface area contributed by atoms with Gasteiger partial charge in [-0.25, -0.2) is 0 Å². The van der Waals surface area contributed by atoms with Gasteiger partial charge in [0.25, 0.3) is 0 Å². The Kier molecular flexibility index (Phi) is 6.06. The SMILES string of the molecule is COC(C)(C)C(C)(C)OBc1cccc2sc3ccc(-c4ccc5sc6cc7ccccc7cc6c5c4)cc3c12. The molecule has 7 rings (SSSR count). The summed E-state index contributed by atoms with van der Waals surface area (Å²) in [7, 11) is 2.28. The van der Waals surface area contributed by atoms with Crippen molar-refractivity contribution in [2.24, 2.45) is 0 Å². The molecule has 0 bridgehead atoms. The van der Waals surface area contributed by atoms with Gasteiger partial charge < -0.3 is 9.39 Å². The first-order valence-corrected chi connectivity index (χ1v) is 15.4. The monoisotopic (exact) mass is 558 g/mol. The van der Waals surface area contributed by atoms with Gasteiger partial charge in [-0.3, -0.25) is 0 Å². The van der Waals surface area contributed by atoms with Crippen molar-refractivity contribution >= 4 is 86.7 Å². The summed E-state index contributed by atoms with van der Waals surface area (Å²) in [5.74, 6) is 0. The van der Waals surface area contributed by atoms with Crippen molar-refractivity contribution in [3.05, 3.63) is 91.0 Å². The molecule has 0 radical (unpaired) electrons. The molecule has 5 aromatic carbocycles. The third kappa shape index (κ3) is 4.15.